The standard InChI is InChI=1S/C23H32N4O3/c1-3-5-14-23(15-6-4-2)21(29)27(22(30)25-23)26-20(28)13-9-10-17-16-24-19-12-8-7-11-18(17)19/h7-8,11-12,16,24H,3-6,9-10,13-15H2,1-2H3,(H,25,30)(H,26,28). The molecule has 2 aromatic rings. The molecule has 0 radical (unpaired) electrons. The average Bonchev–Trinajstić information content (AvgIpc) is 3.25. The molecule has 162 valence electrons. The van der Waals surface area contributed by atoms with Gasteiger partial charge in [0.25, 0.3) is 5.91 Å². The molecule has 0 bridgehead atoms. The van der Waals surface area contributed by atoms with Gasteiger partial charge in [0.15, 0.2) is 0 Å². The van der Waals surface area contributed by atoms with Crippen molar-refractivity contribution in [2.45, 2.75) is 77.2 Å². The Kier molecular flexibility index (Phi) is 7.13. The van der Waals surface area contributed by atoms with Crippen molar-refractivity contribution >= 4 is 28.7 Å². The Hall–Kier alpha value is -2.83. The molecule has 4 amide bonds. The Morgan fingerprint density at radius 1 is 1.07 bits per heavy atom. The number of aromatic amines is 1. The van der Waals surface area contributed by atoms with E-state index in [0.717, 1.165) is 53.6 Å². The largest absolute Gasteiger partial charge is 0.361 e. The maximum atomic E-state index is 13.0. The number of carbonyl (C=O) groups is 3. The van der Waals surface area contributed by atoms with Crippen LogP contribution in [0.25, 0.3) is 10.9 Å². The van der Waals surface area contributed by atoms with Crippen LogP contribution in [0.3, 0.4) is 0 Å². The van der Waals surface area contributed by atoms with Gasteiger partial charge in [-0.3, -0.25) is 15.0 Å². The Labute approximate surface area is 177 Å². The first-order chi connectivity index (χ1) is 14.5. The molecular formula is C23H32N4O3. The molecule has 30 heavy (non-hydrogen) atoms. The van der Waals surface area contributed by atoms with E-state index in [1.165, 1.54) is 0 Å². The highest BCUT2D eigenvalue weighted by atomic mass is 16.2. The maximum Gasteiger partial charge on any atom is 0.344 e. The van der Waals surface area contributed by atoms with Crippen LogP contribution in [0.4, 0.5) is 4.79 Å². The zero-order valence-electron chi connectivity index (χ0n) is 17.9. The summed E-state index contributed by atoms with van der Waals surface area (Å²) >= 11 is 0. The van der Waals surface area contributed by atoms with Gasteiger partial charge in [-0.1, -0.05) is 57.7 Å². The monoisotopic (exact) mass is 412 g/mol. The minimum Gasteiger partial charge on any atom is -0.361 e. The van der Waals surface area contributed by atoms with Crippen molar-refractivity contribution in [3.05, 3.63) is 36.0 Å². The lowest BCUT2D eigenvalue weighted by atomic mass is 9.87. The van der Waals surface area contributed by atoms with Crippen molar-refractivity contribution < 1.29 is 14.4 Å². The SMILES string of the molecule is CCCCC1(CCCC)NC(=O)N(NC(=O)CCCc2c[nH]c3ccccc23)C1=O. The first-order valence-corrected chi connectivity index (χ1v) is 11.0. The molecule has 1 saturated heterocycles. The Bertz CT molecular complexity index is 897. The van der Waals surface area contributed by atoms with Gasteiger partial charge in [-0.05, 0) is 37.3 Å². The predicted octanol–water partition coefficient (Wildman–Crippen LogP) is 4.19. The van der Waals surface area contributed by atoms with E-state index in [0.29, 0.717) is 19.3 Å². The number of aryl methyl sites for hydroxylation is 1. The highest BCUT2D eigenvalue weighted by molar-refractivity contribution is 6.07. The minimum absolute atomic E-state index is 0.244. The molecule has 1 fully saturated rings. The minimum atomic E-state index is -0.888. The summed E-state index contributed by atoms with van der Waals surface area (Å²) in [5.41, 5.74) is 3.87. The second kappa shape index (κ2) is 9.78. The molecule has 3 N–H and O–H groups in total. The lowest BCUT2D eigenvalue weighted by Crippen LogP contribution is -2.50. The van der Waals surface area contributed by atoms with Crippen molar-refractivity contribution in [1.82, 2.24) is 20.7 Å². The van der Waals surface area contributed by atoms with E-state index in [9.17, 15) is 14.4 Å². The number of para-hydroxylation sites is 1. The van der Waals surface area contributed by atoms with Crippen LogP contribution in [0.2, 0.25) is 0 Å². The first-order valence-electron chi connectivity index (χ1n) is 11.0. The van der Waals surface area contributed by atoms with Crippen LogP contribution in [-0.4, -0.2) is 33.4 Å². The van der Waals surface area contributed by atoms with Crippen LogP contribution in [0.5, 0.6) is 0 Å². The van der Waals surface area contributed by atoms with Gasteiger partial charge in [0.05, 0.1) is 0 Å². The van der Waals surface area contributed by atoms with E-state index in [1.807, 2.05) is 24.4 Å². The molecular weight excluding hydrogens is 380 g/mol. The van der Waals surface area contributed by atoms with E-state index in [1.54, 1.807) is 0 Å². The second-order valence-electron chi connectivity index (χ2n) is 8.11. The van der Waals surface area contributed by atoms with Crippen molar-refractivity contribution in [2.75, 3.05) is 0 Å². The molecule has 0 saturated carbocycles. The van der Waals surface area contributed by atoms with Crippen molar-refractivity contribution in [1.29, 1.82) is 0 Å². The number of H-pyrrole nitrogens is 1. The third-order valence-electron chi connectivity index (χ3n) is 5.84. The number of hydrogen-bond acceptors (Lipinski definition) is 3. The van der Waals surface area contributed by atoms with Gasteiger partial charge in [0.1, 0.15) is 5.54 Å². The van der Waals surface area contributed by atoms with Crippen LogP contribution in [-0.2, 0) is 16.0 Å². The van der Waals surface area contributed by atoms with E-state index in [4.69, 9.17) is 0 Å². The Morgan fingerprint density at radius 3 is 2.47 bits per heavy atom. The number of aromatic nitrogens is 1. The number of nitrogens with one attached hydrogen (secondary N) is 3. The number of rotatable bonds is 11. The number of amides is 4. The molecule has 0 unspecified atom stereocenters. The smallest absolute Gasteiger partial charge is 0.344 e. The Morgan fingerprint density at radius 2 is 1.77 bits per heavy atom. The zero-order valence-corrected chi connectivity index (χ0v) is 17.9. The molecule has 1 aromatic heterocycles. The van der Waals surface area contributed by atoms with Gasteiger partial charge in [0, 0.05) is 23.5 Å². The summed E-state index contributed by atoms with van der Waals surface area (Å²) in [6, 6.07) is 7.52. The summed E-state index contributed by atoms with van der Waals surface area (Å²) in [6.45, 7) is 4.12. The molecule has 1 aliphatic heterocycles. The number of imide groups is 1. The number of fused-ring (bicyclic) bond motifs is 1. The molecule has 0 aliphatic carbocycles. The van der Waals surface area contributed by atoms with Crippen LogP contribution < -0.4 is 10.7 Å². The van der Waals surface area contributed by atoms with Crippen molar-refractivity contribution in [2.24, 2.45) is 0 Å². The number of carbonyl (C=O) groups excluding carboxylic acids is 3. The summed E-state index contributed by atoms with van der Waals surface area (Å²) in [7, 11) is 0. The maximum absolute atomic E-state index is 13.0. The number of hydrogen-bond donors (Lipinski definition) is 3. The average molecular weight is 413 g/mol. The third kappa shape index (κ3) is 4.66. The summed E-state index contributed by atoms with van der Waals surface area (Å²) in [5, 5.41) is 4.90. The van der Waals surface area contributed by atoms with Crippen molar-refractivity contribution in [3.63, 3.8) is 0 Å². The molecule has 0 spiro atoms. The molecule has 7 nitrogen and oxygen atoms in total. The second-order valence-corrected chi connectivity index (χ2v) is 8.11. The molecule has 1 aliphatic rings. The fourth-order valence-corrected chi connectivity index (χ4v) is 4.10. The van der Waals surface area contributed by atoms with Crippen LogP contribution >= 0.6 is 0 Å². The van der Waals surface area contributed by atoms with Gasteiger partial charge >= 0.3 is 6.03 Å². The number of nitrogens with zero attached hydrogens (tertiary/aromatic N) is 1. The quantitative estimate of drug-likeness (QED) is 0.483. The molecule has 2 heterocycles. The van der Waals surface area contributed by atoms with Crippen LogP contribution in [0.1, 0.15) is 70.8 Å². The summed E-state index contributed by atoms with van der Waals surface area (Å²) in [5.74, 6) is -0.653. The van der Waals surface area contributed by atoms with Gasteiger partial charge < -0.3 is 10.3 Å². The molecule has 3 rings (SSSR count). The van der Waals surface area contributed by atoms with E-state index in [2.05, 4.69) is 35.6 Å². The topological polar surface area (TPSA) is 94.3 Å². The van der Waals surface area contributed by atoms with Gasteiger partial charge in [-0.15, -0.1) is 0 Å². The van der Waals surface area contributed by atoms with E-state index in [-0.39, 0.29) is 18.2 Å². The highest BCUT2D eigenvalue weighted by Crippen LogP contribution is 2.28. The fraction of sp³-hybridized carbons (Fsp3) is 0.522. The van der Waals surface area contributed by atoms with E-state index < -0.39 is 11.6 Å². The Balaban J connectivity index is 1.56. The van der Waals surface area contributed by atoms with Gasteiger partial charge in [0.2, 0.25) is 5.91 Å². The lowest BCUT2D eigenvalue weighted by Gasteiger charge is -2.26. The van der Waals surface area contributed by atoms with E-state index >= 15 is 0 Å². The number of unbranched alkanes of at least 4 members (excludes halogenated alkanes) is 2. The first kappa shape index (κ1) is 21.9. The normalized spacial score (nSPS) is 15.6. The van der Waals surface area contributed by atoms with Crippen LogP contribution in [0.15, 0.2) is 30.5 Å². The fourth-order valence-electron chi connectivity index (χ4n) is 4.10. The third-order valence-corrected chi connectivity index (χ3v) is 5.84. The van der Waals surface area contributed by atoms with Crippen molar-refractivity contribution in [3.8, 4) is 0 Å². The van der Waals surface area contributed by atoms with Gasteiger partial charge in [-0.25, -0.2) is 4.79 Å². The summed E-state index contributed by atoms with van der Waals surface area (Å²) in [6.07, 6.45) is 8.37. The number of hydrazine groups is 1. The van der Waals surface area contributed by atoms with Gasteiger partial charge in [-0.2, -0.15) is 5.01 Å². The number of benzene rings is 1. The lowest BCUT2D eigenvalue weighted by molar-refractivity contribution is -0.139. The molecule has 7 heteroatoms. The summed E-state index contributed by atoms with van der Waals surface area (Å²) in [4.78, 5) is 41.1. The molecule has 1 aromatic carbocycles. The molecule has 0 atom stereocenters. The number of urea groups is 1. The highest BCUT2D eigenvalue weighted by Gasteiger charge is 2.50. The summed E-state index contributed by atoms with van der Waals surface area (Å²) < 4.78 is 0. The zero-order chi connectivity index (χ0) is 21.6. The van der Waals surface area contributed by atoms with Crippen LogP contribution in [0, 0.1) is 0 Å². The predicted molar refractivity (Wildman–Crippen MR) is 117 cm³/mol.